The standard InChI is InChI=1S/C11H9ClN2O2/c12-7-3-1-6(2-4-7)9-5-8(11(15)16)10(13)14-9/h1-5,14H,13H2,(H,15,16). The monoisotopic (exact) mass is 236 g/mol. The molecule has 0 unspecified atom stereocenters. The van der Waals surface area contributed by atoms with Crippen LogP contribution in [-0.4, -0.2) is 16.1 Å². The predicted octanol–water partition coefficient (Wildman–Crippen LogP) is 2.62. The van der Waals surface area contributed by atoms with Gasteiger partial charge in [0, 0.05) is 10.7 Å². The van der Waals surface area contributed by atoms with Crippen molar-refractivity contribution in [2.45, 2.75) is 0 Å². The Morgan fingerprint density at radius 3 is 2.44 bits per heavy atom. The number of nitrogen functional groups attached to an aromatic ring is 1. The number of aromatic nitrogens is 1. The third kappa shape index (κ3) is 1.87. The van der Waals surface area contributed by atoms with E-state index in [0.717, 1.165) is 5.56 Å². The van der Waals surface area contributed by atoms with Gasteiger partial charge in [-0.05, 0) is 23.8 Å². The Morgan fingerprint density at radius 1 is 1.31 bits per heavy atom. The van der Waals surface area contributed by atoms with E-state index in [1.807, 2.05) is 0 Å². The molecule has 4 nitrogen and oxygen atoms in total. The number of anilines is 1. The number of nitrogens with two attached hydrogens (primary N) is 1. The van der Waals surface area contributed by atoms with E-state index in [9.17, 15) is 4.79 Å². The van der Waals surface area contributed by atoms with Crippen LogP contribution in [0.15, 0.2) is 30.3 Å². The molecular formula is C11H9ClN2O2. The Kier molecular flexibility index (Phi) is 2.58. The topological polar surface area (TPSA) is 79.1 Å². The van der Waals surface area contributed by atoms with E-state index in [-0.39, 0.29) is 11.4 Å². The highest BCUT2D eigenvalue weighted by Crippen LogP contribution is 2.24. The summed E-state index contributed by atoms with van der Waals surface area (Å²) in [5.41, 5.74) is 7.12. The van der Waals surface area contributed by atoms with Crippen molar-refractivity contribution in [3.63, 3.8) is 0 Å². The number of carboxylic acid groups (broad SMARTS) is 1. The van der Waals surface area contributed by atoms with Crippen molar-refractivity contribution in [3.8, 4) is 11.3 Å². The van der Waals surface area contributed by atoms with Crippen LogP contribution in [0, 0.1) is 0 Å². The molecule has 0 aliphatic heterocycles. The molecule has 0 radical (unpaired) electrons. The Morgan fingerprint density at radius 2 is 1.94 bits per heavy atom. The second kappa shape index (κ2) is 3.90. The number of aromatic amines is 1. The van der Waals surface area contributed by atoms with Gasteiger partial charge in [-0.3, -0.25) is 0 Å². The summed E-state index contributed by atoms with van der Waals surface area (Å²) in [5, 5.41) is 9.48. The van der Waals surface area contributed by atoms with Gasteiger partial charge in [0.15, 0.2) is 0 Å². The number of hydrogen-bond acceptors (Lipinski definition) is 2. The highest BCUT2D eigenvalue weighted by molar-refractivity contribution is 6.30. The molecular weight excluding hydrogens is 228 g/mol. The van der Waals surface area contributed by atoms with E-state index in [0.29, 0.717) is 10.7 Å². The zero-order valence-electron chi connectivity index (χ0n) is 8.20. The van der Waals surface area contributed by atoms with Crippen molar-refractivity contribution in [2.24, 2.45) is 0 Å². The van der Waals surface area contributed by atoms with Crippen LogP contribution < -0.4 is 5.73 Å². The summed E-state index contributed by atoms with van der Waals surface area (Å²) in [6.07, 6.45) is 0. The van der Waals surface area contributed by atoms with Gasteiger partial charge in [0.25, 0.3) is 0 Å². The number of aromatic carboxylic acids is 1. The van der Waals surface area contributed by atoms with Gasteiger partial charge in [0.2, 0.25) is 0 Å². The van der Waals surface area contributed by atoms with E-state index in [4.69, 9.17) is 22.4 Å². The Bertz CT molecular complexity index is 531. The number of rotatable bonds is 2. The van der Waals surface area contributed by atoms with E-state index in [1.54, 1.807) is 24.3 Å². The van der Waals surface area contributed by atoms with E-state index in [2.05, 4.69) is 4.98 Å². The number of benzene rings is 1. The van der Waals surface area contributed by atoms with Crippen molar-refractivity contribution in [1.29, 1.82) is 0 Å². The zero-order valence-corrected chi connectivity index (χ0v) is 8.95. The molecule has 0 aliphatic carbocycles. The summed E-state index contributed by atoms with van der Waals surface area (Å²) in [6, 6.07) is 8.54. The molecule has 0 saturated carbocycles. The van der Waals surface area contributed by atoms with Gasteiger partial charge in [-0.25, -0.2) is 4.79 Å². The van der Waals surface area contributed by atoms with Gasteiger partial charge in [-0.2, -0.15) is 0 Å². The molecule has 4 N–H and O–H groups in total. The lowest BCUT2D eigenvalue weighted by Gasteiger charge is -1.97. The molecule has 0 amide bonds. The molecule has 5 heteroatoms. The summed E-state index contributed by atoms with van der Waals surface area (Å²) >= 11 is 5.76. The summed E-state index contributed by atoms with van der Waals surface area (Å²) in [5.74, 6) is -0.897. The number of halogens is 1. The zero-order chi connectivity index (χ0) is 11.7. The van der Waals surface area contributed by atoms with Crippen LogP contribution in [0.25, 0.3) is 11.3 Å². The summed E-state index contributed by atoms with van der Waals surface area (Å²) in [7, 11) is 0. The first-order valence-corrected chi connectivity index (χ1v) is 4.93. The maximum atomic E-state index is 10.8. The van der Waals surface area contributed by atoms with Crippen LogP contribution in [0.5, 0.6) is 0 Å². The minimum atomic E-state index is -1.05. The van der Waals surface area contributed by atoms with E-state index in [1.165, 1.54) is 6.07 Å². The lowest BCUT2D eigenvalue weighted by atomic mass is 10.1. The molecule has 1 aromatic heterocycles. The number of carbonyl (C=O) groups is 1. The van der Waals surface area contributed by atoms with Gasteiger partial charge in [0.05, 0.1) is 0 Å². The predicted molar refractivity (Wildman–Crippen MR) is 62.6 cm³/mol. The minimum absolute atomic E-state index is 0.0740. The molecule has 1 heterocycles. The highest BCUT2D eigenvalue weighted by Gasteiger charge is 2.12. The van der Waals surface area contributed by atoms with Gasteiger partial charge in [0.1, 0.15) is 11.4 Å². The molecule has 0 aliphatic rings. The van der Waals surface area contributed by atoms with E-state index >= 15 is 0 Å². The first-order chi connectivity index (χ1) is 7.58. The average Bonchev–Trinajstić information content (AvgIpc) is 2.61. The first kappa shape index (κ1) is 10.6. The van der Waals surface area contributed by atoms with Gasteiger partial charge >= 0.3 is 5.97 Å². The maximum absolute atomic E-state index is 10.8. The second-order valence-electron chi connectivity index (χ2n) is 3.32. The van der Waals surface area contributed by atoms with Crippen LogP contribution in [0.4, 0.5) is 5.82 Å². The third-order valence-corrected chi connectivity index (χ3v) is 2.49. The van der Waals surface area contributed by atoms with Crippen LogP contribution in [0.2, 0.25) is 5.02 Å². The van der Waals surface area contributed by atoms with Crippen molar-refractivity contribution in [1.82, 2.24) is 4.98 Å². The second-order valence-corrected chi connectivity index (χ2v) is 3.76. The quantitative estimate of drug-likeness (QED) is 0.750. The molecule has 1 aromatic carbocycles. The molecule has 16 heavy (non-hydrogen) atoms. The van der Waals surface area contributed by atoms with Crippen LogP contribution >= 0.6 is 11.6 Å². The summed E-state index contributed by atoms with van der Waals surface area (Å²) in [6.45, 7) is 0. The van der Waals surface area contributed by atoms with Crippen molar-refractivity contribution in [2.75, 3.05) is 5.73 Å². The minimum Gasteiger partial charge on any atom is -0.478 e. The number of carboxylic acids is 1. The van der Waals surface area contributed by atoms with Crippen molar-refractivity contribution < 1.29 is 9.90 Å². The number of H-pyrrole nitrogens is 1. The first-order valence-electron chi connectivity index (χ1n) is 4.55. The van der Waals surface area contributed by atoms with Gasteiger partial charge in [-0.15, -0.1) is 0 Å². The van der Waals surface area contributed by atoms with Crippen LogP contribution in [0.1, 0.15) is 10.4 Å². The Balaban J connectivity index is 2.45. The normalized spacial score (nSPS) is 10.3. The Hall–Kier alpha value is -1.94. The molecule has 0 spiro atoms. The Labute approximate surface area is 96.7 Å². The average molecular weight is 237 g/mol. The highest BCUT2D eigenvalue weighted by atomic mass is 35.5. The summed E-state index contributed by atoms with van der Waals surface area (Å²) in [4.78, 5) is 13.6. The lowest BCUT2D eigenvalue weighted by Crippen LogP contribution is -1.98. The van der Waals surface area contributed by atoms with Gasteiger partial charge < -0.3 is 15.8 Å². The molecule has 0 atom stereocenters. The molecule has 0 saturated heterocycles. The fourth-order valence-electron chi connectivity index (χ4n) is 1.43. The molecule has 82 valence electrons. The molecule has 2 aromatic rings. The third-order valence-electron chi connectivity index (χ3n) is 2.23. The van der Waals surface area contributed by atoms with Crippen molar-refractivity contribution in [3.05, 3.63) is 40.9 Å². The van der Waals surface area contributed by atoms with Gasteiger partial charge in [-0.1, -0.05) is 23.7 Å². The lowest BCUT2D eigenvalue weighted by molar-refractivity contribution is 0.0698. The number of nitrogens with one attached hydrogen (secondary N) is 1. The largest absolute Gasteiger partial charge is 0.478 e. The fourth-order valence-corrected chi connectivity index (χ4v) is 1.56. The SMILES string of the molecule is Nc1[nH]c(-c2ccc(Cl)cc2)cc1C(=O)O. The van der Waals surface area contributed by atoms with E-state index < -0.39 is 5.97 Å². The molecule has 2 rings (SSSR count). The number of hydrogen-bond donors (Lipinski definition) is 3. The fraction of sp³-hybridized carbons (Fsp3) is 0. The molecule has 0 bridgehead atoms. The van der Waals surface area contributed by atoms with Crippen LogP contribution in [-0.2, 0) is 0 Å². The van der Waals surface area contributed by atoms with Crippen molar-refractivity contribution >= 4 is 23.4 Å². The maximum Gasteiger partial charge on any atom is 0.339 e. The smallest absolute Gasteiger partial charge is 0.339 e. The summed E-state index contributed by atoms with van der Waals surface area (Å²) < 4.78 is 0. The van der Waals surface area contributed by atoms with Crippen LogP contribution in [0.3, 0.4) is 0 Å². The molecule has 0 fully saturated rings.